The molecule has 3 aromatic rings. The Hall–Kier alpha value is -4.34. The van der Waals surface area contributed by atoms with Crippen LogP contribution in [0, 0.1) is 0 Å². The third kappa shape index (κ3) is 5.66. The number of carbonyl (C=O) groups excluding carboxylic acids is 2. The lowest BCUT2D eigenvalue weighted by atomic mass is 9.95. The molecular formula is C31H32N2O7. The van der Waals surface area contributed by atoms with E-state index in [1.807, 2.05) is 48.5 Å². The number of amides is 1. The Morgan fingerprint density at radius 2 is 1.60 bits per heavy atom. The van der Waals surface area contributed by atoms with E-state index in [9.17, 15) is 14.7 Å². The van der Waals surface area contributed by atoms with Crippen LogP contribution in [0.25, 0.3) is 5.76 Å². The second kappa shape index (κ2) is 12.2. The Labute approximate surface area is 233 Å². The highest BCUT2D eigenvalue weighted by molar-refractivity contribution is 6.46. The molecule has 5 rings (SSSR count). The summed E-state index contributed by atoms with van der Waals surface area (Å²) in [7, 11) is 3.01. The summed E-state index contributed by atoms with van der Waals surface area (Å²) in [6.45, 7) is 3.63. The van der Waals surface area contributed by atoms with E-state index in [-0.39, 0.29) is 11.3 Å². The Bertz CT molecular complexity index is 1400. The first-order chi connectivity index (χ1) is 19.5. The predicted molar refractivity (Wildman–Crippen MR) is 149 cm³/mol. The smallest absolute Gasteiger partial charge is 0.295 e. The van der Waals surface area contributed by atoms with Gasteiger partial charge < -0.3 is 29.0 Å². The van der Waals surface area contributed by atoms with Gasteiger partial charge in [0.1, 0.15) is 17.3 Å². The predicted octanol–water partition coefficient (Wildman–Crippen LogP) is 4.25. The Morgan fingerprint density at radius 1 is 0.875 bits per heavy atom. The summed E-state index contributed by atoms with van der Waals surface area (Å²) in [5.74, 6) is 0.394. The number of rotatable bonds is 9. The lowest BCUT2D eigenvalue weighted by Crippen LogP contribution is -2.42. The van der Waals surface area contributed by atoms with Crippen molar-refractivity contribution in [1.82, 2.24) is 9.80 Å². The number of ether oxygens (including phenoxy) is 4. The normalized spacial score (nSPS) is 19.1. The zero-order valence-corrected chi connectivity index (χ0v) is 22.5. The molecule has 0 aliphatic carbocycles. The van der Waals surface area contributed by atoms with Gasteiger partial charge in [0.25, 0.3) is 11.7 Å². The third-order valence-electron chi connectivity index (χ3n) is 7.11. The molecule has 1 atom stereocenters. The fourth-order valence-corrected chi connectivity index (χ4v) is 5.04. The molecule has 40 heavy (non-hydrogen) atoms. The van der Waals surface area contributed by atoms with Crippen LogP contribution in [-0.2, 0) is 14.3 Å². The van der Waals surface area contributed by atoms with Crippen molar-refractivity contribution in [1.29, 1.82) is 0 Å². The average Bonchev–Trinajstić information content (AvgIpc) is 3.25. The minimum atomic E-state index is -0.812. The number of morpholine rings is 1. The van der Waals surface area contributed by atoms with Crippen LogP contribution in [-0.4, -0.2) is 80.2 Å². The lowest BCUT2D eigenvalue weighted by molar-refractivity contribution is -0.140. The van der Waals surface area contributed by atoms with Gasteiger partial charge in [0, 0.05) is 31.7 Å². The van der Waals surface area contributed by atoms with Gasteiger partial charge in [-0.2, -0.15) is 0 Å². The molecule has 9 nitrogen and oxygen atoms in total. The highest BCUT2D eigenvalue weighted by atomic mass is 16.5. The second-order valence-electron chi connectivity index (χ2n) is 9.50. The van der Waals surface area contributed by atoms with Crippen molar-refractivity contribution in [2.75, 3.05) is 53.6 Å². The number of para-hydroxylation sites is 1. The number of nitrogens with zero attached hydrogens (tertiary/aromatic N) is 2. The first-order valence-corrected chi connectivity index (χ1v) is 13.1. The maximum atomic E-state index is 13.5. The molecule has 0 unspecified atom stereocenters. The molecule has 0 saturated carbocycles. The first-order valence-electron chi connectivity index (χ1n) is 13.1. The summed E-state index contributed by atoms with van der Waals surface area (Å²) in [6, 6.07) is 20.6. The SMILES string of the molecule is COc1ccc(C(O)=C2C(=O)C(=O)N(CCN3CCOCC3)[C@@H]2c2cccc(Oc3ccccc3)c2)cc1OC. The quantitative estimate of drug-likeness (QED) is 0.243. The molecule has 2 aliphatic rings. The molecular weight excluding hydrogens is 512 g/mol. The summed E-state index contributed by atoms with van der Waals surface area (Å²) in [5.41, 5.74) is 0.998. The fraction of sp³-hybridized carbons (Fsp3) is 0.290. The van der Waals surface area contributed by atoms with Crippen LogP contribution >= 0.6 is 0 Å². The molecule has 9 heteroatoms. The van der Waals surface area contributed by atoms with Gasteiger partial charge in [0.15, 0.2) is 11.5 Å². The Morgan fingerprint density at radius 3 is 2.33 bits per heavy atom. The Balaban J connectivity index is 1.55. The van der Waals surface area contributed by atoms with Gasteiger partial charge in [-0.3, -0.25) is 14.5 Å². The molecule has 2 heterocycles. The molecule has 1 amide bonds. The zero-order chi connectivity index (χ0) is 28.1. The van der Waals surface area contributed by atoms with E-state index in [1.54, 1.807) is 24.3 Å². The minimum Gasteiger partial charge on any atom is -0.507 e. The molecule has 2 saturated heterocycles. The molecule has 0 spiro atoms. The largest absolute Gasteiger partial charge is 0.507 e. The van der Waals surface area contributed by atoms with Crippen molar-refractivity contribution in [3.8, 4) is 23.0 Å². The van der Waals surface area contributed by atoms with Gasteiger partial charge in [0.05, 0.1) is 39.0 Å². The third-order valence-corrected chi connectivity index (χ3v) is 7.11. The summed E-state index contributed by atoms with van der Waals surface area (Å²) >= 11 is 0. The molecule has 0 bridgehead atoms. The molecule has 2 aliphatic heterocycles. The average molecular weight is 545 g/mol. The maximum absolute atomic E-state index is 13.5. The molecule has 208 valence electrons. The van der Waals surface area contributed by atoms with Gasteiger partial charge in [-0.15, -0.1) is 0 Å². The van der Waals surface area contributed by atoms with Crippen LogP contribution in [0.1, 0.15) is 17.2 Å². The lowest BCUT2D eigenvalue weighted by Gasteiger charge is -2.31. The second-order valence-corrected chi connectivity index (χ2v) is 9.50. The van der Waals surface area contributed by atoms with Gasteiger partial charge >= 0.3 is 0 Å². The molecule has 3 aromatic carbocycles. The van der Waals surface area contributed by atoms with Crippen molar-refractivity contribution >= 4 is 17.4 Å². The Kier molecular flexibility index (Phi) is 8.33. The van der Waals surface area contributed by atoms with E-state index in [2.05, 4.69) is 4.90 Å². The van der Waals surface area contributed by atoms with E-state index < -0.39 is 17.7 Å². The molecule has 2 fully saturated rings. The van der Waals surface area contributed by atoms with Gasteiger partial charge in [0.2, 0.25) is 0 Å². The standard InChI is InChI=1S/C31H32N2O7/c1-37-25-12-11-22(20-26(25)38-2)29(34)27-28(21-7-6-10-24(19-21)40-23-8-4-3-5-9-23)33(31(36)30(27)35)14-13-32-15-17-39-18-16-32/h3-12,19-20,28,34H,13-18H2,1-2H3/t28-/m1/s1. The number of aliphatic hydroxyl groups is 1. The van der Waals surface area contributed by atoms with Crippen molar-refractivity contribution < 1.29 is 33.6 Å². The number of methoxy groups -OCH3 is 2. The van der Waals surface area contributed by atoms with Gasteiger partial charge in [-0.25, -0.2) is 0 Å². The van der Waals surface area contributed by atoms with Crippen LogP contribution in [0.15, 0.2) is 78.4 Å². The highest BCUT2D eigenvalue weighted by Crippen LogP contribution is 2.41. The van der Waals surface area contributed by atoms with Crippen LogP contribution in [0.4, 0.5) is 0 Å². The summed E-state index contributed by atoms with van der Waals surface area (Å²) < 4.78 is 22.2. The summed E-state index contributed by atoms with van der Waals surface area (Å²) in [4.78, 5) is 30.6. The fourth-order valence-electron chi connectivity index (χ4n) is 5.04. The van der Waals surface area contributed by atoms with Crippen LogP contribution in [0.5, 0.6) is 23.0 Å². The zero-order valence-electron chi connectivity index (χ0n) is 22.5. The highest BCUT2D eigenvalue weighted by Gasteiger charge is 2.46. The molecule has 0 radical (unpaired) electrons. The topological polar surface area (TPSA) is 97.8 Å². The van der Waals surface area contributed by atoms with Crippen LogP contribution in [0.2, 0.25) is 0 Å². The monoisotopic (exact) mass is 544 g/mol. The van der Waals surface area contributed by atoms with E-state index >= 15 is 0 Å². The number of likely N-dealkylation sites (tertiary alicyclic amines) is 1. The van der Waals surface area contributed by atoms with Crippen molar-refractivity contribution in [3.63, 3.8) is 0 Å². The summed E-state index contributed by atoms with van der Waals surface area (Å²) in [5, 5.41) is 11.5. The van der Waals surface area contributed by atoms with E-state index in [1.165, 1.54) is 19.1 Å². The number of carbonyl (C=O) groups is 2. The van der Waals surface area contributed by atoms with Crippen LogP contribution < -0.4 is 14.2 Å². The minimum absolute atomic E-state index is 0.0102. The van der Waals surface area contributed by atoms with Crippen molar-refractivity contribution in [2.45, 2.75) is 6.04 Å². The number of aliphatic hydroxyl groups excluding tert-OH is 1. The van der Waals surface area contributed by atoms with E-state index in [0.717, 1.165) is 13.1 Å². The van der Waals surface area contributed by atoms with Crippen molar-refractivity contribution in [2.24, 2.45) is 0 Å². The number of Topliss-reactive ketones (excluding diaryl/α,β-unsaturated/α-hetero) is 1. The van der Waals surface area contributed by atoms with Crippen LogP contribution in [0.3, 0.4) is 0 Å². The molecule has 0 aromatic heterocycles. The van der Waals surface area contributed by atoms with E-state index in [0.29, 0.717) is 60.4 Å². The van der Waals surface area contributed by atoms with E-state index in [4.69, 9.17) is 18.9 Å². The number of benzene rings is 3. The first kappa shape index (κ1) is 27.2. The maximum Gasteiger partial charge on any atom is 0.295 e. The van der Waals surface area contributed by atoms with Gasteiger partial charge in [-0.1, -0.05) is 30.3 Å². The summed E-state index contributed by atoms with van der Waals surface area (Å²) in [6.07, 6.45) is 0. The van der Waals surface area contributed by atoms with Crippen molar-refractivity contribution in [3.05, 3.63) is 89.5 Å². The van der Waals surface area contributed by atoms with Gasteiger partial charge in [-0.05, 0) is 48.0 Å². The number of hydrogen-bond donors (Lipinski definition) is 1. The number of ketones is 1. The molecule has 1 N–H and O–H groups in total. The number of hydrogen-bond acceptors (Lipinski definition) is 8.